The number of hydrogen-bond donors (Lipinski definition) is 0. The molecule has 40 heavy (non-hydrogen) atoms. The Kier molecular flexibility index (Phi) is 6.79. The van der Waals surface area contributed by atoms with Crippen molar-refractivity contribution in [3.05, 3.63) is 70.8 Å². The predicted molar refractivity (Wildman–Crippen MR) is 144 cm³/mol. The molecular formula is C32H36O8. The van der Waals surface area contributed by atoms with Crippen LogP contribution in [-0.4, -0.2) is 36.9 Å². The van der Waals surface area contributed by atoms with Crippen LogP contribution in [0.1, 0.15) is 72.0 Å². The molecule has 1 fully saturated rings. The first kappa shape index (κ1) is 27.9. The number of carbonyl (C=O) groups is 4. The number of allylic oxidation sites excluding steroid dienone is 4. The molecule has 212 valence electrons. The second kappa shape index (κ2) is 9.75. The molecule has 8 nitrogen and oxygen atoms in total. The molecule has 0 N–H and O–H groups in total. The summed E-state index contributed by atoms with van der Waals surface area (Å²) in [6, 6.07) is 1.79. The number of esters is 3. The lowest BCUT2D eigenvalue weighted by Crippen LogP contribution is -2.47. The van der Waals surface area contributed by atoms with Gasteiger partial charge in [-0.1, -0.05) is 26.0 Å². The van der Waals surface area contributed by atoms with Crippen LogP contribution in [0.4, 0.5) is 0 Å². The van der Waals surface area contributed by atoms with E-state index < -0.39 is 52.3 Å². The highest BCUT2D eigenvalue weighted by molar-refractivity contribution is 5.94. The summed E-state index contributed by atoms with van der Waals surface area (Å²) in [6.07, 6.45) is 10.00. The zero-order valence-corrected chi connectivity index (χ0v) is 23.9. The van der Waals surface area contributed by atoms with Crippen LogP contribution in [0.15, 0.2) is 69.6 Å². The fraction of sp³-hybridized carbons (Fsp3) is 0.500. The molecule has 0 unspecified atom stereocenters. The van der Waals surface area contributed by atoms with Crippen molar-refractivity contribution in [3.8, 4) is 0 Å². The second-order valence-electron chi connectivity index (χ2n) is 12.0. The minimum absolute atomic E-state index is 0.00743. The van der Waals surface area contributed by atoms with Crippen LogP contribution in [0, 0.1) is 22.2 Å². The Balaban J connectivity index is 1.72. The first-order valence-electron chi connectivity index (χ1n) is 13.7. The van der Waals surface area contributed by atoms with Gasteiger partial charge in [-0.15, -0.1) is 0 Å². The molecule has 0 saturated heterocycles. The second-order valence-corrected chi connectivity index (χ2v) is 12.0. The van der Waals surface area contributed by atoms with Crippen LogP contribution in [0.5, 0.6) is 0 Å². The molecule has 1 saturated carbocycles. The van der Waals surface area contributed by atoms with E-state index in [4.69, 9.17) is 18.6 Å². The number of ketones is 1. The van der Waals surface area contributed by atoms with Crippen molar-refractivity contribution < 1.29 is 37.8 Å². The van der Waals surface area contributed by atoms with E-state index in [1.54, 1.807) is 38.5 Å². The lowest BCUT2D eigenvalue weighted by molar-refractivity contribution is -0.152. The smallest absolute Gasteiger partial charge is 0.333 e. The van der Waals surface area contributed by atoms with E-state index in [9.17, 15) is 19.2 Å². The first-order chi connectivity index (χ1) is 18.9. The maximum Gasteiger partial charge on any atom is 0.333 e. The van der Waals surface area contributed by atoms with Gasteiger partial charge in [0.25, 0.3) is 0 Å². The Labute approximate surface area is 234 Å². The molecule has 1 aromatic rings. The standard InChI is InChI=1S/C32H36O8/c1-7-18(2)29(36)39-25-9-8-20-21(32(5)23(15-26(34)37-6)31(25,4)16-24(32)33)10-12-30(3)22(20)14-27(35)40-28(30)19-11-13-38-17-19/h7-9,11,13-14,17,23,25,28H,10,12,15-16H2,1-6H3/b9-8-,18-7+/t23-,25+,28-,30+,31+,32+/m0/s1. The van der Waals surface area contributed by atoms with Crippen molar-refractivity contribution in [2.45, 2.75) is 72.5 Å². The van der Waals surface area contributed by atoms with Gasteiger partial charge >= 0.3 is 17.9 Å². The van der Waals surface area contributed by atoms with Gasteiger partial charge in [0.15, 0.2) is 0 Å². The summed E-state index contributed by atoms with van der Waals surface area (Å²) in [5, 5.41) is 0. The van der Waals surface area contributed by atoms with Crippen LogP contribution in [0.3, 0.4) is 0 Å². The number of fused-ring (bicyclic) bond motifs is 5. The molecule has 5 rings (SSSR count). The molecule has 0 spiro atoms. The quantitative estimate of drug-likeness (QED) is 0.269. The summed E-state index contributed by atoms with van der Waals surface area (Å²) in [4.78, 5) is 52.8. The molecule has 4 aliphatic rings. The molecule has 8 heteroatoms. The first-order valence-corrected chi connectivity index (χ1v) is 13.7. The lowest BCUT2D eigenvalue weighted by Gasteiger charge is -2.50. The molecule has 2 bridgehead atoms. The summed E-state index contributed by atoms with van der Waals surface area (Å²) >= 11 is 0. The van der Waals surface area contributed by atoms with E-state index in [1.165, 1.54) is 13.2 Å². The van der Waals surface area contributed by atoms with E-state index in [0.29, 0.717) is 18.4 Å². The summed E-state index contributed by atoms with van der Waals surface area (Å²) < 4.78 is 22.3. The van der Waals surface area contributed by atoms with Crippen LogP contribution in [0.2, 0.25) is 0 Å². The monoisotopic (exact) mass is 548 g/mol. The molecule has 0 radical (unpaired) electrons. The van der Waals surface area contributed by atoms with Crippen LogP contribution in [0.25, 0.3) is 0 Å². The minimum atomic E-state index is -1.03. The number of hydrogen-bond acceptors (Lipinski definition) is 8. The van der Waals surface area contributed by atoms with E-state index in [-0.39, 0.29) is 18.6 Å². The molecular weight excluding hydrogens is 512 g/mol. The van der Waals surface area contributed by atoms with Gasteiger partial charge in [0.1, 0.15) is 18.0 Å². The molecule has 3 aliphatic carbocycles. The Morgan fingerprint density at radius 3 is 2.60 bits per heavy atom. The Morgan fingerprint density at radius 1 is 1.20 bits per heavy atom. The number of furan rings is 1. The van der Waals surface area contributed by atoms with E-state index in [0.717, 1.165) is 22.3 Å². The molecule has 1 aliphatic heterocycles. The van der Waals surface area contributed by atoms with E-state index >= 15 is 0 Å². The largest absolute Gasteiger partial charge is 0.472 e. The third-order valence-electron chi connectivity index (χ3n) is 9.96. The average molecular weight is 549 g/mol. The van der Waals surface area contributed by atoms with Crippen molar-refractivity contribution in [3.63, 3.8) is 0 Å². The zero-order valence-electron chi connectivity index (χ0n) is 23.9. The number of methoxy groups -OCH3 is 1. The predicted octanol–water partition coefficient (Wildman–Crippen LogP) is 5.51. The van der Waals surface area contributed by atoms with Crippen molar-refractivity contribution in [1.82, 2.24) is 0 Å². The van der Waals surface area contributed by atoms with Gasteiger partial charge in [-0.3, -0.25) is 9.59 Å². The van der Waals surface area contributed by atoms with Gasteiger partial charge in [-0.05, 0) is 68.4 Å². The molecule has 0 amide bonds. The third kappa shape index (κ3) is 4.02. The summed E-state index contributed by atoms with van der Waals surface area (Å²) in [5.41, 5.74) is 1.16. The number of Topliss-reactive ketones (excluding diaryl/α,β-unsaturated/α-hetero) is 1. The number of carbonyl (C=O) groups excluding carboxylic acids is 4. The topological polar surface area (TPSA) is 109 Å². The van der Waals surface area contributed by atoms with Gasteiger partial charge in [-0.2, -0.15) is 0 Å². The van der Waals surface area contributed by atoms with Crippen LogP contribution >= 0.6 is 0 Å². The molecule has 2 heterocycles. The summed E-state index contributed by atoms with van der Waals surface area (Å²) in [7, 11) is 1.33. The number of ether oxygens (including phenoxy) is 3. The van der Waals surface area contributed by atoms with Gasteiger partial charge in [0.2, 0.25) is 0 Å². The zero-order chi connectivity index (χ0) is 29.0. The maximum absolute atomic E-state index is 14.1. The Hall–Kier alpha value is -3.68. The van der Waals surface area contributed by atoms with Gasteiger partial charge in [0.05, 0.1) is 31.5 Å². The highest BCUT2D eigenvalue weighted by Crippen LogP contribution is 2.65. The third-order valence-corrected chi connectivity index (χ3v) is 9.96. The maximum atomic E-state index is 14.1. The van der Waals surface area contributed by atoms with Gasteiger partial charge < -0.3 is 18.6 Å². The summed E-state index contributed by atoms with van der Waals surface area (Å²) in [5.74, 6) is -1.91. The van der Waals surface area contributed by atoms with Crippen molar-refractivity contribution in [2.24, 2.45) is 22.2 Å². The molecule has 0 aromatic carbocycles. The summed E-state index contributed by atoms with van der Waals surface area (Å²) in [6.45, 7) is 9.31. The van der Waals surface area contributed by atoms with E-state index in [2.05, 4.69) is 6.92 Å². The Bertz CT molecular complexity index is 1390. The van der Waals surface area contributed by atoms with Crippen LogP contribution < -0.4 is 0 Å². The number of cyclic esters (lactones) is 1. The van der Waals surface area contributed by atoms with Crippen molar-refractivity contribution >= 4 is 23.7 Å². The lowest BCUT2D eigenvalue weighted by atomic mass is 9.55. The van der Waals surface area contributed by atoms with Crippen LogP contribution in [-0.2, 0) is 33.4 Å². The molecule has 1 aromatic heterocycles. The van der Waals surface area contributed by atoms with E-state index in [1.807, 2.05) is 26.0 Å². The Morgan fingerprint density at radius 2 is 1.95 bits per heavy atom. The fourth-order valence-electron chi connectivity index (χ4n) is 7.40. The normalized spacial score (nSPS) is 36.0. The minimum Gasteiger partial charge on any atom is -0.472 e. The highest BCUT2D eigenvalue weighted by Gasteiger charge is 2.65. The molecule has 6 atom stereocenters. The van der Waals surface area contributed by atoms with Gasteiger partial charge in [-0.25, -0.2) is 9.59 Å². The van der Waals surface area contributed by atoms with Gasteiger partial charge in [0, 0.05) is 34.5 Å². The fourth-order valence-corrected chi connectivity index (χ4v) is 7.40. The average Bonchev–Trinajstić information content (AvgIpc) is 3.52. The number of rotatable bonds is 5. The highest BCUT2D eigenvalue weighted by atomic mass is 16.6. The SMILES string of the molecule is C/C=C(\C)C(=O)O[C@@H]1/C=C\C2=C(CC[C@]3(C)C2=CC(=O)O[C@H]3c2ccoc2)[C@@]2(C)C(=O)C[C@]1(C)[C@@H]2CC(=O)OC. The van der Waals surface area contributed by atoms with Crippen molar-refractivity contribution in [2.75, 3.05) is 7.11 Å². The van der Waals surface area contributed by atoms with Crippen molar-refractivity contribution in [1.29, 1.82) is 0 Å².